The molecule has 7 heteroatoms. The van der Waals surface area contributed by atoms with Gasteiger partial charge >= 0.3 is 0 Å². The van der Waals surface area contributed by atoms with E-state index in [9.17, 15) is 8.42 Å². The molecule has 94 valence electrons. The van der Waals surface area contributed by atoms with Gasteiger partial charge in [-0.3, -0.25) is 0 Å². The van der Waals surface area contributed by atoms with E-state index in [0.717, 1.165) is 18.2 Å². The fourth-order valence-electron chi connectivity index (χ4n) is 1.82. The Morgan fingerprint density at radius 1 is 1.29 bits per heavy atom. The first-order chi connectivity index (χ1) is 8.11. The summed E-state index contributed by atoms with van der Waals surface area (Å²) in [4.78, 5) is 10.2. The lowest BCUT2D eigenvalue weighted by molar-refractivity contribution is 0.597. The lowest BCUT2D eigenvalue weighted by Gasteiger charge is -2.20. The quantitative estimate of drug-likeness (QED) is 0.811. The van der Waals surface area contributed by atoms with E-state index in [1.165, 1.54) is 6.33 Å². The number of nitrogens with zero attached hydrogens (tertiary/aromatic N) is 3. The van der Waals surface area contributed by atoms with Gasteiger partial charge in [0.1, 0.15) is 18.0 Å². The van der Waals surface area contributed by atoms with Crippen LogP contribution in [0.3, 0.4) is 0 Å². The zero-order valence-electron chi connectivity index (χ0n) is 9.76. The van der Waals surface area contributed by atoms with Gasteiger partial charge < -0.3 is 10.2 Å². The molecule has 2 heterocycles. The Hall–Kier alpha value is -1.37. The number of aromatic nitrogens is 2. The van der Waals surface area contributed by atoms with E-state index in [1.54, 1.807) is 7.05 Å². The van der Waals surface area contributed by atoms with Crippen LogP contribution in [0.15, 0.2) is 12.4 Å². The molecule has 1 aromatic rings. The summed E-state index contributed by atoms with van der Waals surface area (Å²) in [5.74, 6) is 1.99. The molecule has 6 nitrogen and oxygen atoms in total. The third kappa shape index (κ3) is 3.06. The first kappa shape index (κ1) is 12.1. The normalized spacial score (nSPS) is 19.7. The predicted octanol–water partition coefficient (Wildman–Crippen LogP) is 0.143. The topological polar surface area (TPSA) is 75.2 Å². The maximum atomic E-state index is 11.5. The number of sulfone groups is 1. The molecule has 1 saturated heterocycles. The minimum Gasteiger partial charge on any atom is -0.373 e. The van der Waals surface area contributed by atoms with Crippen molar-refractivity contribution in [1.82, 2.24) is 9.97 Å². The molecule has 0 spiro atoms. The Labute approximate surface area is 101 Å². The largest absolute Gasteiger partial charge is 0.373 e. The van der Waals surface area contributed by atoms with Crippen molar-refractivity contribution in [1.29, 1.82) is 0 Å². The minimum absolute atomic E-state index is 0.200. The zero-order chi connectivity index (χ0) is 12.3. The van der Waals surface area contributed by atoms with Gasteiger partial charge in [-0.1, -0.05) is 0 Å². The van der Waals surface area contributed by atoms with Crippen LogP contribution in [0.1, 0.15) is 6.42 Å². The number of hydrogen-bond acceptors (Lipinski definition) is 6. The molecule has 0 saturated carbocycles. The highest BCUT2D eigenvalue weighted by Gasteiger charge is 2.20. The van der Waals surface area contributed by atoms with Gasteiger partial charge in [0.2, 0.25) is 0 Å². The second-order valence-corrected chi connectivity index (χ2v) is 6.31. The Balaban J connectivity index is 2.16. The van der Waals surface area contributed by atoms with E-state index in [2.05, 4.69) is 15.3 Å². The maximum absolute atomic E-state index is 11.5. The Morgan fingerprint density at radius 3 is 2.88 bits per heavy atom. The van der Waals surface area contributed by atoms with Crippen molar-refractivity contribution in [2.75, 3.05) is 41.9 Å². The molecule has 1 N–H and O–H groups in total. The lowest BCUT2D eigenvalue weighted by atomic mass is 10.4. The van der Waals surface area contributed by atoms with Gasteiger partial charge in [0.05, 0.1) is 11.5 Å². The van der Waals surface area contributed by atoms with Crippen LogP contribution in [-0.4, -0.2) is 50.0 Å². The highest BCUT2D eigenvalue weighted by Crippen LogP contribution is 2.16. The third-order valence-electron chi connectivity index (χ3n) is 2.79. The molecular weight excluding hydrogens is 240 g/mol. The van der Waals surface area contributed by atoms with Gasteiger partial charge in [0.25, 0.3) is 0 Å². The van der Waals surface area contributed by atoms with E-state index < -0.39 is 9.84 Å². The fourth-order valence-corrected chi connectivity index (χ4v) is 3.10. The first-order valence-electron chi connectivity index (χ1n) is 5.56. The van der Waals surface area contributed by atoms with Gasteiger partial charge in [-0.05, 0) is 6.42 Å². The van der Waals surface area contributed by atoms with Gasteiger partial charge in [0, 0.05) is 26.2 Å². The molecule has 17 heavy (non-hydrogen) atoms. The zero-order valence-corrected chi connectivity index (χ0v) is 10.6. The average Bonchev–Trinajstić information content (AvgIpc) is 2.50. The van der Waals surface area contributed by atoms with Crippen LogP contribution >= 0.6 is 0 Å². The Bertz CT molecular complexity index is 489. The molecule has 0 unspecified atom stereocenters. The van der Waals surface area contributed by atoms with Gasteiger partial charge in [-0.25, -0.2) is 18.4 Å². The summed E-state index contributed by atoms with van der Waals surface area (Å²) < 4.78 is 23.0. The van der Waals surface area contributed by atoms with Crippen molar-refractivity contribution in [3.63, 3.8) is 0 Å². The number of rotatable bonds is 2. The summed E-state index contributed by atoms with van der Waals surface area (Å²) in [6.07, 6.45) is 2.14. The molecule has 2 rings (SSSR count). The van der Waals surface area contributed by atoms with Gasteiger partial charge in [-0.2, -0.15) is 0 Å². The highest BCUT2D eigenvalue weighted by atomic mass is 32.2. The molecule has 0 atom stereocenters. The molecule has 1 aliphatic rings. The Morgan fingerprint density at radius 2 is 2.12 bits per heavy atom. The number of nitrogens with one attached hydrogen (secondary N) is 1. The minimum atomic E-state index is -2.88. The summed E-state index contributed by atoms with van der Waals surface area (Å²) in [6, 6.07) is 1.83. The maximum Gasteiger partial charge on any atom is 0.152 e. The summed E-state index contributed by atoms with van der Waals surface area (Å²) in [7, 11) is -1.09. The SMILES string of the molecule is CNc1cc(N2CCCS(=O)(=O)CC2)ncn1. The fraction of sp³-hybridized carbons (Fsp3) is 0.600. The first-order valence-corrected chi connectivity index (χ1v) is 7.38. The van der Waals surface area contributed by atoms with Crippen molar-refractivity contribution in [2.45, 2.75) is 6.42 Å². The van der Waals surface area contributed by atoms with E-state index in [-0.39, 0.29) is 11.5 Å². The predicted molar refractivity (Wildman–Crippen MR) is 67.1 cm³/mol. The molecule has 0 bridgehead atoms. The number of anilines is 2. The van der Waals surface area contributed by atoms with Crippen LogP contribution < -0.4 is 10.2 Å². The second-order valence-electron chi connectivity index (χ2n) is 4.00. The number of hydrogen-bond donors (Lipinski definition) is 1. The van der Waals surface area contributed by atoms with Crippen LogP contribution in [0.2, 0.25) is 0 Å². The van der Waals surface area contributed by atoms with Crippen molar-refractivity contribution in [3.8, 4) is 0 Å². The molecule has 1 aromatic heterocycles. The van der Waals surface area contributed by atoms with E-state index >= 15 is 0 Å². The third-order valence-corrected chi connectivity index (χ3v) is 4.50. The molecular formula is C10H16N4O2S. The molecule has 0 aromatic carbocycles. The van der Waals surface area contributed by atoms with Crippen molar-refractivity contribution >= 4 is 21.5 Å². The highest BCUT2D eigenvalue weighted by molar-refractivity contribution is 7.91. The van der Waals surface area contributed by atoms with Crippen LogP contribution in [0.25, 0.3) is 0 Å². The standard InChI is InChI=1S/C10H16N4O2S/c1-11-9-7-10(13-8-12-9)14-3-2-5-17(15,16)6-4-14/h7-8H,2-6H2,1H3,(H,11,12,13). The van der Waals surface area contributed by atoms with Crippen molar-refractivity contribution in [3.05, 3.63) is 12.4 Å². The summed E-state index contributed by atoms with van der Waals surface area (Å²) in [5, 5.41) is 2.94. The smallest absolute Gasteiger partial charge is 0.152 e. The van der Waals surface area contributed by atoms with Gasteiger partial charge in [0.15, 0.2) is 9.84 Å². The van der Waals surface area contributed by atoms with Crippen molar-refractivity contribution in [2.24, 2.45) is 0 Å². The van der Waals surface area contributed by atoms with Gasteiger partial charge in [-0.15, -0.1) is 0 Å². The second kappa shape index (κ2) is 4.87. The molecule has 0 radical (unpaired) electrons. The van der Waals surface area contributed by atoms with Crippen molar-refractivity contribution < 1.29 is 8.42 Å². The van der Waals surface area contributed by atoms with Crippen LogP contribution in [0, 0.1) is 0 Å². The van der Waals surface area contributed by atoms with Crippen LogP contribution in [0.4, 0.5) is 11.6 Å². The van der Waals surface area contributed by atoms with Crippen LogP contribution in [-0.2, 0) is 9.84 Å². The molecule has 0 aliphatic carbocycles. The van der Waals surface area contributed by atoms with E-state index in [0.29, 0.717) is 13.0 Å². The average molecular weight is 256 g/mol. The molecule has 1 aliphatic heterocycles. The molecule has 0 amide bonds. The summed E-state index contributed by atoms with van der Waals surface area (Å²) >= 11 is 0. The summed E-state index contributed by atoms with van der Waals surface area (Å²) in [6.45, 7) is 1.22. The Kier molecular flexibility index (Phi) is 3.46. The van der Waals surface area contributed by atoms with Crippen LogP contribution in [0.5, 0.6) is 0 Å². The molecule has 1 fully saturated rings. The van der Waals surface area contributed by atoms with E-state index in [4.69, 9.17) is 0 Å². The lowest BCUT2D eigenvalue weighted by Crippen LogP contribution is -2.27. The monoisotopic (exact) mass is 256 g/mol. The summed E-state index contributed by atoms with van der Waals surface area (Å²) in [5.41, 5.74) is 0. The van der Waals surface area contributed by atoms with E-state index in [1.807, 2.05) is 11.0 Å².